The smallest absolute Gasteiger partial charge is 0.122 e. The van der Waals surface area contributed by atoms with Crippen LogP contribution in [0.5, 0.6) is 11.5 Å². The molecule has 0 aliphatic heterocycles. The van der Waals surface area contributed by atoms with Crippen LogP contribution in [0, 0.1) is 6.92 Å². The molecule has 2 rings (SSSR count). The van der Waals surface area contributed by atoms with Crippen LogP contribution < -0.4 is 21.1 Å². The number of rotatable bonds is 13. The lowest BCUT2D eigenvalue weighted by atomic mass is 9.77. The monoisotopic (exact) mass is 477 g/mol. The van der Waals surface area contributed by atoms with Crippen molar-refractivity contribution in [3.05, 3.63) is 71.1 Å². The Morgan fingerprint density at radius 3 is 2.42 bits per heavy atom. The molecule has 182 valence electrons. The molecule has 0 saturated heterocycles. The van der Waals surface area contributed by atoms with Crippen molar-refractivity contribution in [2.75, 3.05) is 32.2 Å². The molecule has 1 atom stereocenters. The van der Waals surface area contributed by atoms with Gasteiger partial charge < -0.3 is 30.4 Å². The molecule has 0 radical (unpaired) electrons. The lowest BCUT2D eigenvalue weighted by molar-refractivity contribution is 0.125. The van der Waals surface area contributed by atoms with Gasteiger partial charge in [0.05, 0.1) is 24.8 Å². The van der Waals surface area contributed by atoms with E-state index in [0.29, 0.717) is 25.3 Å². The summed E-state index contributed by atoms with van der Waals surface area (Å²) in [5.74, 6) is 7.48. The first kappa shape index (κ1) is 26.8. The number of hydrogen-bond donors (Lipinski definition) is 4. The molecule has 0 aromatic heterocycles. The van der Waals surface area contributed by atoms with E-state index < -0.39 is 6.10 Å². The van der Waals surface area contributed by atoms with Crippen molar-refractivity contribution in [2.24, 2.45) is 11.6 Å². The Labute approximate surface area is 201 Å². The highest BCUT2D eigenvalue weighted by Gasteiger charge is 2.24. The average molecular weight is 478 g/mol. The molecule has 6 N–H and O–H groups in total. The van der Waals surface area contributed by atoms with Gasteiger partial charge in [-0.25, -0.2) is 5.84 Å². The topological polar surface area (TPSA) is 114 Å². The molecule has 2 aromatic carbocycles. The highest BCUT2D eigenvalue weighted by molar-refractivity contribution is 6.18. The molecule has 0 fully saturated rings. The minimum Gasteiger partial charge on any atom is -0.494 e. The Balaban J connectivity index is 1.95. The average Bonchev–Trinajstić information content (AvgIpc) is 2.80. The first-order valence-electron chi connectivity index (χ1n) is 11.0. The van der Waals surface area contributed by atoms with E-state index in [0.717, 1.165) is 22.6 Å². The zero-order valence-electron chi connectivity index (χ0n) is 19.6. The third-order valence-electron chi connectivity index (χ3n) is 5.43. The van der Waals surface area contributed by atoms with Crippen LogP contribution in [0.3, 0.4) is 0 Å². The van der Waals surface area contributed by atoms with Crippen LogP contribution in [0.25, 0.3) is 0 Å². The zero-order chi connectivity index (χ0) is 24.4. The van der Waals surface area contributed by atoms with Gasteiger partial charge in [-0.2, -0.15) is 0 Å². The minimum atomic E-state index is -0.681. The molecule has 2 aromatic rings. The fraction of sp³-hybridized carbons (Fsp3) is 0.440. The van der Waals surface area contributed by atoms with Gasteiger partial charge in [0.15, 0.2) is 0 Å². The number of aliphatic hydroxyl groups is 2. The lowest BCUT2D eigenvalue weighted by Gasteiger charge is -2.27. The Morgan fingerprint density at radius 1 is 1.15 bits per heavy atom. The summed E-state index contributed by atoms with van der Waals surface area (Å²) in [5, 5.41) is 20.0. The molecule has 0 amide bonds. The quantitative estimate of drug-likeness (QED) is 0.152. The van der Waals surface area contributed by atoms with Gasteiger partial charge in [0.25, 0.3) is 0 Å². The standard InChI is InChI=1S/C25H36ClN3O4/c1-18-13-20(7-10-24(18)33-17-22(31)14-26)25(2,3)19-5-8-23(9-6-19)32-12-4-11-29(28)15-21(27)16-30/h5-10,13,15,22,30-31H,4,11-12,14,16-17,27-28H2,1-3H3/b21-15-. The molecular weight excluding hydrogens is 442 g/mol. The fourth-order valence-corrected chi connectivity index (χ4v) is 3.41. The molecule has 0 aliphatic rings. The molecule has 0 bridgehead atoms. The number of aliphatic hydroxyl groups excluding tert-OH is 2. The van der Waals surface area contributed by atoms with Crippen molar-refractivity contribution in [1.29, 1.82) is 0 Å². The van der Waals surface area contributed by atoms with Crippen LogP contribution in [0.1, 0.15) is 37.0 Å². The van der Waals surface area contributed by atoms with E-state index >= 15 is 0 Å². The Hall–Kier alpha value is -2.45. The van der Waals surface area contributed by atoms with E-state index in [4.69, 9.17) is 37.8 Å². The highest BCUT2D eigenvalue weighted by atomic mass is 35.5. The molecule has 0 aliphatic carbocycles. The van der Waals surface area contributed by atoms with Crippen molar-refractivity contribution < 1.29 is 19.7 Å². The summed E-state index contributed by atoms with van der Waals surface area (Å²) in [6.07, 6.45) is 1.55. The van der Waals surface area contributed by atoms with E-state index in [2.05, 4.69) is 38.1 Å². The number of nitrogens with zero attached hydrogens (tertiary/aromatic N) is 1. The van der Waals surface area contributed by atoms with Crippen LogP contribution in [-0.2, 0) is 5.41 Å². The van der Waals surface area contributed by atoms with Gasteiger partial charge in [0.1, 0.15) is 24.2 Å². The third-order valence-corrected chi connectivity index (χ3v) is 5.78. The van der Waals surface area contributed by atoms with E-state index in [-0.39, 0.29) is 24.5 Å². The van der Waals surface area contributed by atoms with Crippen LogP contribution in [0.2, 0.25) is 0 Å². The van der Waals surface area contributed by atoms with Crippen molar-refractivity contribution in [3.8, 4) is 11.5 Å². The van der Waals surface area contributed by atoms with E-state index in [9.17, 15) is 5.11 Å². The Kier molecular flexibility index (Phi) is 10.3. The molecule has 0 saturated carbocycles. The number of ether oxygens (including phenoxy) is 2. The molecule has 1 unspecified atom stereocenters. The number of alkyl halides is 1. The van der Waals surface area contributed by atoms with Crippen LogP contribution in [0.4, 0.5) is 0 Å². The van der Waals surface area contributed by atoms with E-state index in [1.807, 2.05) is 25.1 Å². The summed E-state index contributed by atoms with van der Waals surface area (Å²) in [6.45, 7) is 7.38. The molecular formula is C25H36ClN3O4. The number of aryl methyl sites for hydroxylation is 1. The maximum Gasteiger partial charge on any atom is 0.122 e. The number of halogens is 1. The SMILES string of the molecule is Cc1cc(C(C)(C)c2ccc(OCCCN(N)/C=C(\N)CO)cc2)ccc1OCC(O)CCl. The summed E-state index contributed by atoms with van der Waals surface area (Å²) in [6, 6.07) is 14.2. The second-order valence-corrected chi connectivity index (χ2v) is 8.86. The van der Waals surface area contributed by atoms with Gasteiger partial charge in [-0.1, -0.05) is 38.1 Å². The lowest BCUT2D eigenvalue weighted by Crippen LogP contribution is -2.29. The fourth-order valence-electron chi connectivity index (χ4n) is 3.32. The van der Waals surface area contributed by atoms with Crippen molar-refractivity contribution >= 4 is 11.6 Å². The summed E-state index contributed by atoms with van der Waals surface area (Å²) in [5.41, 5.74) is 8.99. The van der Waals surface area contributed by atoms with Gasteiger partial charge >= 0.3 is 0 Å². The third kappa shape index (κ3) is 8.12. The van der Waals surface area contributed by atoms with Gasteiger partial charge in [0.2, 0.25) is 0 Å². The predicted molar refractivity (Wildman–Crippen MR) is 132 cm³/mol. The largest absolute Gasteiger partial charge is 0.494 e. The first-order chi connectivity index (χ1) is 15.7. The maximum atomic E-state index is 9.61. The van der Waals surface area contributed by atoms with E-state index in [1.165, 1.54) is 16.8 Å². The van der Waals surface area contributed by atoms with Crippen LogP contribution in [-0.4, -0.2) is 53.6 Å². The second kappa shape index (κ2) is 12.7. The Morgan fingerprint density at radius 2 is 1.82 bits per heavy atom. The molecule has 0 heterocycles. The first-order valence-corrected chi connectivity index (χ1v) is 11.5. The van der Waals surface area contributed by atoms with Gasteiger partial charge in [-0.15, -0.1) is 11.6 Å². The van der Waals surface area contributed by atoms with E-state index in [1.54, 1.807) is 0 Å². The number of hydrazine groups is 1. The maximum absolute atomic E-state index is 9.61. The summed E-state index contributed by atoms with van der Waals surface area (Å²) < 4.78 is 11.5. The van der Waals surface area contributed by atoms with Crippen LogP contribution >= 0.6 is 11.6 Å². The van der Waals surface area contributed by atoms with Crippen LogP contribution in [0.15, 0.2) is 54.4 Å². The predicted octanol–water partition coefficient (Wildman–Crippen LogP) is 3.04. The van der Waals surface area contributed by atoms with Crippen molar-refractivity contribution in [2.45, 2.75) is 38.7 Å². The van der Waals surface area contributed by atoms with Crippen molar-refractivity contribution in [1.82, 2.24) is 5.01 Å². The zero-order valence-corrected chi connectivity index (χ0v) is 20.4. The van der Waals surface area contributed by atoms with Gasteiger partial charge in [0, 0.05) is 24.6 Å². The summed E-state index contributed by atoms with van der Waals surface area (Å²) >= 11 is 5.63. The molecule has 0 spiro atoms. The highest BCUT2D eigenvalue weighted by Crippen LogP contribution is 2.34. The normalized spacial score (nSPS) is 13.0. The summed E-state index contributed by atoms with van der Waals surface area (Å²) in [4.78, 5) is 0. The molecule has 33 heavy (non-hydrogen) atoms. The number of hydrogen-bond acceptors (Lipinski definition) is 7. The van der Waals surface area contributed by atoms with Gasteiger partial charge in [-0.3, -0.25) is 0 Å². The molecule has 7 nitrogen and oxygen atoms in total. The van der Waals surface area contributed by atoms with Gasteiger partial charge in [-0.05, 0) is 41.8 Å². The second-order valence-electron chi connectivity index (χ2n) is 8.55. The molecule has 8 heteroatoms. The number of nitrogens with two attached hydrogens (primary N) is 2. The minimum absolute atomic E-state index is 0.145. The number of benzene rings is 2. The van der Waals surface area contributed by atoms with Crippen molar-refractivity contribution in [3.63, 3.8) is 0 Å². The summed E-state index contributed by atoms with van der Waals surface area (Å²) in [7, 11) is 0. The Bertz CT molecular complexity index is 903.